The Morgan fingerprint density at radius 1 is 1.25 bits per heavy atom. The normalized spacial score (nSPS) is 11.4. The molecule has 0 radical (unpaired) electrons. The van der Waals surface area contributed by atoms with E-state index in [0.29, 0.717) is 0 Å². The van der Waals surface area contributed by atoms with Gasteiger partial charge in [0.2, 0.25) is 0 Å². The van der Waals surface area contributed by atoms with Gasteiger partial charge < -0.3 is 4.98 Å². The molecule has 2 aromatic rings. The number of hydrogen-bond acceptors (Lipinski definition) is 0. The molecule has 2 rings (SSSR count). The maximum absolute atomic E-state index is 3.31. The van der Waals surface area contributed by atoms with E-state index in [0.717, 1.165) is 0 Å². The molecule has 12 heavy (non-hydrogen) atoms. The van der Waals surface area contributed by atoms with Crippen molar-refractivity contribution in [3.63, 3.8) is 0 Å². The number of para-hydroxylation sites is 1. The first-order valence-electron chi connectivity index (χ1n) is 4.10. The lowest BCUT2D eigenvalue weighted by Crippen LogP contribution is -1.66. The molecule has 0 bridgehead atoms. The van der Waals surface area contributed by atoms with E-state index in [-0.39, 0.29) is 0 Å². The van der Waals surface area contributed by atoms with Crippen molar-refractivity contribution >= 4 is 17.0 Å². The summed E-state index contributed by atoms with van der Waals surface area (Å²) in [6, 6.07) is 10.4. The van der Waals surface area contributed by atoms with Crippen molar-refractivity contribution in [1.82, 2.24) is 4.98 Å². The van der Waals surface area contributed by atoms with Gasteiger partial charge in [-0.25, -0.2) is 0 Å². The second-order valence-corrected chi connectivity index (χ2v) is 2.81. The van der Waals surface area contributed by atoms with Gasteiger partial charge >= 0.3 is 0 Å². The summed E-state index contributed by atoms with van der Waals surface area (Å²) >= 11 is 0. The Bertz CT molecular complexity index is 377. The Balaban J connectivity index is 2.62. The van der Waals surface area contributed by atoms with E-state index in [1.54, 1.807) is 0 Å². The second kappa shape index (κ2) is 2.86. The van der Waals surface area contributed by atoms with E-state index in [1.165, 1.54) is 16.6 Å². The van der Waals surface area contributed by atoms with Gasteiger partial charge in [0.25, 0.3) is 0 Å². The number of rotatable bonds is 1. The quantitative estimate of drug-likeness (QED) is 0.654. The van der Waals surface area contributed by atoms with Crippen molar-refractivity contribution < 1.29 is 0 Å². The van der Waals surface area contributed by atoms with Crippen molar-refractivity contribution in [2.45, 2.75) is 6.92 Å². The fraction of sp³-hybridized carbons (Fsp3) is 0.0909. The van der Waals surface area contributed by atoms with Crippen LogP contribution in [0.5, 0.6) is 0 Å². The molecule has 0 unspecified atom stereocenters. The molecule has 0 aliphatic carbocycles. The van der Waals surface area contributed by atoms with Gasteiger partial charge in [0, 0.05) is 11.2 Å². The number of allylic oxidation sites excluding steroid dienone is 1. The number of nitrogens with one attached hydrogen (secondary N) is 1. The molecule has 1 heteroatoms. The van der Waals surface area contributed by atoms with Crippen LogP contribution in [0, 0.1) is 0 Å². The zero-order chi connectivity index (χ0) is 8.39. The van der Waals surface area contributed by atoms with Crippen molar-refractivity contribution in [3.05, 3.63) is 42.1 Å². The second-order valence-electron chi connectivity index (χ2n) is 2.81. The number of hydrogen-bond donors (Lipinski definition) is 1. The molecular weight excluding hydrogens is 146 g/mol. The van der Waals surface area contributed by atoms with Gasteiger partial charge in [0.1, 0.15) is 0 Å². The molecule has 1 heterocycles. The van der Waals surface area contributed by atoms with Crippen LogP contribution >= 0.6 is 0 Å². The summed E-state index contributed by atoms with van der Waals surface area (Å²) in [5.41, 5.74) is 2.37. The molecule has 0 fully saturated rings. The van der Waals surface area contributed by atoms with Gasteiger partial charge in [-0.2, -0.15) is 0 Å². The highest BCUT2D eigenvalue weighted by molar-refractivity contribution is 5.82. The summed E-state index contributed by atoms with van der Waals surface area (Å²) in [6.45, 7) is 2.02. The minimum atomic E-state index is 1.17. The summed E-state index contributed by atoms with van der Waals surface area (Å²) in [6.07, 6.45) is 4.10. The van der Waals surface area contributed by atoms with Gasteiger partial charge in [0.15, 0.2) is 0 Å². The van der Waals surface area contributed by atoms with Crippen molar-refractivity contribution in [2.75, 3.05) is 0 Å². The van der Waals surface area contributed by atoms with Crippen LogP contribution in [0.1, 0.15) is 12.6 Å². The van der Waals surface area contributed by atoms with Crippen molar-refractivity contribution in [1.29, 1.82) is 0 Å². The predicted octanol–water partition coefficient (Wildman–Crippen LogP) is 3.20. The molecular formula is C11H11N. The van der Waals surface area contributed by atoms with Crippen LogP contribution in [0.15, 0.2) is 36.4 Å². The maximum atomic E-state index is 3.31. The average molecular weight is 157 g/mol. The minimum Gasteiger partial charge on any atom is -0.355 e. The van der Waals surface area contributed by atoms with E-state index in [1.807, 2.05) is 19.1 Å². The first kappa shape index (κ1) is 7.17. The molecule has 1 aromatic heterocycles. The summed E-state index contributed by atoms with van der Waals surface area (Å²) in [5, 5.41) is 1.27. The molecule has 0 aliphatic heterocycles. The van der Waals surface area contributed by atoms with Crippen LogP contribution in [-0.4, -0.2) is 4.98 Å². The van der Waals surface area contributed by atoms with Gasteiger partial charge in [-0.3, -0.25) is 0 Å². The van der Waals surface area contributed by atoms with E-state index in [2.05, 4.69) is 35.3 Å². The first-order valence-corrected chi connectivity index (χ1v) is 4.10. The third kappa shape index (κ3) is 1.14. The van der Waals surface area contributed by atoms with E-state index < -0.39 is 0 Å². The largest absolute Gasteiger partial charge is 0.355 e. The molecule has 1 aromatic carbocycles. The third-order valence-electron chi connectivity index (χ3n) is 1.90. The van der Waals surface area contributed by atoms with E-state index in [9.17, 15) is 0 Å². The summed E-state index contributed by atoms with van der Waals surface area (Å²) in [5.74, 6) is 0. The molecule has 0 aliphatic rings. The molecule has 1 N–H and O–H groups in total. The Morgan fingerprint density at radius 3 is 2.83 bits per heavy atom. The summed E-state index contributed by atoms with van der Waals surface area (Å²) in [7, 11) is 0. The number of aromatic nitrogens is 1. The van der Waals surface area contributed by atoms with Gasteiger partial charge in [-0.15, -0.1) is 0 Å². The zero-order valence-corrected chi connectivity index (χ0v) is 7.04. The molecule has 0 saturated carbocycles. The SMILES string of the molecule is C/C=C/c1cc2ccccc2[nH]1. The topological polar surface area (TPSA) is 15.8 Å². The van der Waals surface area contributed by atoms with Crippen LogP contribution in [0.3, 0.4) is 0 Å². The highest BCUT2D eigenvalue weighted by Gasteiger charge is 1.94. The number of benzene rings is 1. The van der Waals surface area contributed by atoms with Gasteiger partial charge in [-0.05, 0) is 30.5 Å². The average Bonchev–Trinajstić information content (AvgIpc) is 2.47. The predicted molar refractivity (Wildman–Crippen MR) is 53.0 cm³/mol. The zero-order valence-electron chi connectivity index (χ0n) is 7.04. The smallest absolute Gasteiger partial charge is 0.0458 e. The Labute approximate surface area is 71.7 Å². The standard InChI is InChI=1S/C11H11N/c1-2-5-10-8-9-6-3-4-7-11(9)12-10/h2-8,12H,1H3/b5-2+. The van der Waals surface area contributed by atoms with Crippen LogP contribution in [-0.2, 0) is 0 Å². The fourth-order valence-corrected chi connectivity index (χ4v) is 1.37. The highest BCUT2D eigenvalue weighted by atomic mass is 14.7. The monoisotopic (exact) mass is 157 g/mol. The molecule has 0 spiro atoms. The summed E-state index contributed by atoms with van der Waals surface area (Å²) in [4.78, 5) is 3.31. The molecule has 60 valence electrons. The molecule has 0 amide bonds. The lowest BCUT2D eigenvalue weighted by atomic mass is 10.2. The highest BCUT2D eigenvalue weighted by Crippen LogP contribution is 2.15. The van der Waals surface area contributed by atoms with Crippen molar-refractivity contribution in [2.24, 2.45) is 0 Å². The van der Waals surface area contributed by atoms with E-state index in [4.69, 9.17) is 0 Å². The third-order valence-corrected chi connectivity index (χ3v) is 1.90. The van der Waals surface area contributed by atoms with E-state index >= 15 is 0 Å². The van der Waals surface area contributed by atoms with Gasteiger partial charge in [-0.1, -0.05) is 24.3 Å². The Morgan fingerprint density at radius 2 is 2.08 bits per heavy atom. The van der Waals surface area contributed by atoms with Crippen molar-refractivity contribution in [3.8, 4) is 0 Å². The molecule has 0 saturated heterocycles. The number of fused-ring (bicyclic) bond motifs is 1. The fourth-order valence-electron chi connectivity index (χ4n) is 1.37. The van der Waals surface area contributed by atoms with Crippen LogP contribution in [0.25, 0.3) is 17.0 Å². The molecule has 0 atom stereocenters. The lowest BCUT2D eigenvalue weighted by molar-refractivity contribution is 1.43. The Hall–Kier alpha value is -1.50. The number of H-pyrrole nitrogens is 1. The Kier molecular flexibility index (Phi) is 1.71. The lowest BCUT2D eigenvalue weighted by Gasteiger charge is -1.84. The first-order chi connectivity index (χ1) is 5.90. The van der Waals surface area contributed by atoms with Gasteiger partial charge in [0.05, 0.1) is 0 Å². The van der Waals surface area contributed by atoms with Crippen LogP contribution < -0.4 is 0 Å². The number of aromatic amines is 1. The maximum Gasteiger partial charge on any atom is 0.0458 e. The summed E-state index contributed by atoms with van der Waals surface area (Å²) < 4.78 is 0. The van der Waals surface area contributed by atoms with Crippen LogP contribution in [0.2, 0.25) is 0 Å². The van der Waals surface area contributed by atoms with Crippen LogP contribution in [0.4, 0.5) is 0 Å². The minimum absolute atomic E-state index is 1.17. The molecule has 1 nitrogen and oxygen atoms in total.